The standard InChI is InChI=1S/C16H21N7OS.ClH/c17-11-3-1-2-10(11)6-18-16(24)12-7-23(4-5-25-12)15-13-14(20-8-19-13)21-9-22-15;/h7-11H,1-6,17H2,(H,18,24)(H,19,20,21,22);1H/t10-,11+;/m1./s1. The Morgan fingerprint density at radius 3 is 3.08 bits per heavy atom. The number of halogens is 1. The molecule has 0 bridgehead atoms. The van der Waals surface area contributed by atoms with E-state index in [1.165, 1.54) is 6.33 Å². The van der Waals surface area contributed by atoms with Crippen LogP contribution in [0.25, 0.3) is 11.2 Å². The minimum atomic E-state index is -0.0406. The number of nitrogens with zero attached hydrogens (tertiary/aromatic N) is 4. The first-order valence-electron chi connectivity index (χ1n) is 8.51. The third-order valence-electron chi connectivity index (χ3n) is 4.80. The molecule has 4 rings (SSSR count). The predicted molar refractivity (Wildman–Crippen MR) is 105 cm³/mol. The summed E-state index contributed by atoms with van der Waals surface area (Å²) in [6, 6.07) is 0.207. The van der Waals surface area contributed by atoms with Crippen LogP contribution in [0, 0.1) is 5.92 Å². The van der Waals surface area contributed by atoms with E-state index in [-0.39, 0.29) is 24.4 Å². The van der Waals surface area contributed by atoms with E-state index in [2.05, 4.69) is 25.3 Å². The average Bonchev–Trinajstić information content (AvgIpc) is 3.28. The van der Waals surface area contributed by atoms with Crippen LogP contribution in [-0.2, 0) is 4.79 Å². The number of aromatic nitrogens is 4. The number of aromatic amines is 1. The molecule has 1 amide bonds. The highest BCUT2D eigenvalue weighted by molar-refractivity contribution is 8.04. The van der Waals surface area contributed by atoms with Crippen LogP contribution in [0.5, 0.6) is 0 Å². The fourth-order valence-corrected chi connectivity index (χ4v) is 4.29. The summed E-state index contributed by atoms with van der Waals surface area (Å²) in [7, 11) is 0. The number of amides is 1. The number of hydrogen-bond acceptors (Lipinski definition) is 7. The number of thioether (sulfide) groups is 1. The third kappa shape index (κ3) is 3.79. The molecule has 0 spiro atoms. The Hall–Kier alpha value is -1.84. The van der Waals surface area contributed by atoms with Gasteiger partial charge in [0.2, 0.25) is 0 Å². The molecule has 8 nitrogen and oxygen atoms in total. The van der Waals surface area contributed by atoms with Gasteiger partial charge < -0.3 is 20.9 Å². The maximum atomic E-state index is 12.5. The van der Waals surface area contributed by atoms with E-state index in [0.717, 1.165) is 37.4 Å². The molecule has 140 valence electrons. The Kier molecular flexibility index (Phi) is 6.00. The number of carbonyl (C=O) groups is 1. The van der Waals surface area contributed by atoms with Gasteiger partial charge in [-0.05, 0) is 18.8 Å². The molecule has 2 aromatic heterocycles. The lowest BCUT2D eigenvalue weighted by Gasteiger charge is -2.25. The molecule has 0 radical (unpaired) electrons. The first kappa shape index (κ1) is 18.9. The van der Waals surface area contributed by atoms with Crippen LogP contribution in [0.1, 0.15) is 19.3 Å². The monoisotopic (exact) mass is 395 g/mol. The maximum absolute atomic E-state index is 12.5. The zero-order valence-corrected chi connectivity index (χ0v) is 15.9. The molecule has 2 aliphatic rings. The molecule has 1 fully saturated rings. The van der Waals surface area contributed by atoms with Crippen LogP contribution >= 0.6 is 24.2 Å². The predicted octanol–water partition coefficient (Wildman–Crippen LogP) is 1.41. The second-order valence-corrected chi connectivity index (χ2v) is 7.53. The number of imidazole rings is 1. The van der Waals surface area contributed by atoms with E-state index in [9.17, 15) is 4.79 Å². The summed E-state index contributed by atoms with van der Waals surface area (Å²) in [4.78, 5) is 31.0. The van der Waals surface area contributed by atoms with Crippen molar-refractivity contribution in [2.24, 2.45) is 11.7 Å². The van der Waals surface area contributed by atoms with Crippen LogP contribution in [0.15, 0.2) is 23.8 Å². The molecule has 1 aliphatic carbocycles. The fourth-order valence-electron chi connectivity index (χ4n) is 3.38. The molecular formula is C16H22ClN7OS. The van der Waals surface area contributed by atoms with E-state index in [1.807, 2.05) is 11.1 Å². The number of hydrogen-bond donors (Lipinski definition) is 3. The number of fused-ring (bicyclic) bond motifs is 1. The van der Waals surface area contributed by atoms with Crippen LogP contribution in [0.3, 0.4) is 0 Å². The highest BCUT2D eigenvalue weighted by atomic mass is 35.5. The minimum absolute atomic E-state index is 0. The number of nitrogens with two attached hydrogens (primary N) is 1. The summed E-state index contributed by atoms with van der Waals surface area (Å²) in [5.41, 5.74) is 7.48. The summed E-state index contributed by atoms with van der Waals surface area (Å²) >= 11 is 1.56. The summed E-state index contributed by atoms with van der Waals surface area (Å²) in [5.74, 6) is 1.88. The average molecular weight is 396 g/mol. The van der Waals surface area contributed by atoms with Crippen LogP contribution in [0.4, 0.5) is 5.82 Å². The van der Waals surface area contributed by atoms with Crippen molar-refractivity contribution in [3.8, 4) is 0 Å². The second kappa shape index (κ2) is 8.24. The molecule has 2 aromatic rings. The number of carbonyl (C=O) groups excluding carboxylic acids is 1. The summed E-state index contributed by atoms with van der Waals surface area (Å²) in [6.45, 7) is 1.42. The van der Waals surface area contributed by atoms with Gasteiger partial charge in [-0.1, -0.05) is 6.42 Å². The largest absolute Gasteiger partial charge is 0.351 e. The van der Waals surface area contributed by atoms with Gasteiger partial charge >= 0.3 is 0 Å². The minimum Gasteiger partial charge on any atom is -0.351 e. The van der Waals surface area contributed by atoms with Crippen LogP contribution in [-0.4, -0.2) is 50.7 Å². The van der Waals surface area contributed by atoms with Crippen molar-refractivity contribution in [2.75, 3.05) is 23.7 Å². The van der Waals surface area contributed by atoms with E-state index in [0.29, 0.717) is 28.5 Å². The fraction of sp³-hybridized carbons (Fsp3) is 0.500. The van der Waals surface area contributed by atoms with Crippen molar-refractivity contribution in [2.45, 2.75) is 25.3 Å². The SMILES string of the molecule is Cl.N[C@H]1CCC[C@@H]1CNC(=O)C1=CN(c2ncnc3[nH]cnc23)CCS1. The van der Waals surface area contributed by atoms with Crippen molar-refractivity contribution in [1.29, 1.82) is 0 Å². The maximum Gasteiger partial charge on any atom is 0.259 e. The number of rotatable bonds is 4. The first-order valence-corrected chi connectivity index (χ1v) is 9.50. The molecule has 3 heterocycles. The quantitative estimate of drug-likeness (QED) is 0.717. The van der Waals surface area contributed by atoms with Crippen molar-refractivity contribution in [3.63, 3.8) is 0 Å². The third-order valence-corrected chi connectivity index (χ3v) is 5.79. The van der Waals surface area contributed by atoms with Gasteiger partial charge in [0.05, 0.1) is 11.2 Å². The highest BCUT2D eigenvalue weighted by Crippen LogP contribution is 2.28. The molecule has 0 saturated heterocycles. The summed E-state index contributed by atoms with van der Waals surface area (Å²) < 4.78 is 0. The van der Waals surface area contributed by atoms with Gasteiger partial charge in [0.15, 0.2) is 17.0 Å². The van der Waals surface area contributed by atoms with Gasteiger partial charge in [-0.3, -0.25) is 4.79 Å². The number of nitrogens with one attached hydrogen (secondary N) is 2. The van der Waals surface area contributed by atoms with Crippen molar-refractivity contribution in [3.05, 3.63) is 23.8 Å². The molecule has 26 heavy (non-hydrogen) atoms. The van der Waals surface area contributed by atoms with Gasteiger partial charge in [0, 0.05) is 31.1 Å². The lowest BCUT2D eigenvalue weighted by molar-refractivity contribution is -0.117. The molecular weight excluding hydrogens is 374 g/mol. The molecule has 0 aromatic carbocycles. The van der Waals surface area contributed by atoms with E-state index in [1.54, 1.807) is 18.1 Å². The topological polar surface area (TPSA) is 113 Å². The molecule has 1 saturated carbocycles. The smallest absolute Gasteiger partial charge is 0.259 e. The zero-order chi connectivity index (χ0) is 17.2. The first-order chi connectivity index (χ1) is 12.2. The molecule has 0 unspecified atom stereocenters. The number of anilines is 1. The normalized spacial score (nSPS) is 22.8. The van der Waals surface area contributed by atoms with Crippen molar-refractivity contribution < 1.29 is 4.79 Å². The second-order valence-electron chi connectivity index (χ2n) is 6.40. The lowest BCUT2D eigenvalue weighted by Crippen LogP contribution is -2.37. The summed E-state index contributed by atoms with van der Waals surface area (Å²) in [5, 5.41) is 3.04. The van der Waals surface area contributed by atoms with Crippen LogP contribution in [0.2, 0.25) is 0 Å². The number of H-pyrrole nitrogens is 1. The molecule has 4 N–H and O–H groups in total. The van der Waals surface area contributed by atoms with Crippen LogP contribution < -0.4 is 16.0 Å². The molecule has 1 aliphatic heterocycles. The Labute approximate surface area is 161 Å². The Morgan fingerprint density at radius 1 is 1.38 bits per heavy atom. The van der Waals surface area contributed by atoms with Gasteiger partial charge in [-0.2, -0.15) is 0 Å². The molecule has 2 atom stereocenters. The summed E-state index contributed by atoms with van der Waals surface area (Å²) in [6.07, 6.45) is 8.27. The zero-order valence-electron chi connectivity index (χ0n) is 14.2. The van der Waals surface area contributed by atoms with Gasteiger partial charge in [0.25, 0.3) is 5.91 Å². The highest BCUT2D eigenvalue weighted by Gasteiger charge is 2.26. The van der Waals surface area contributed by atoms with Crippen molar-refractivity contribution >= 4 is 47.1 Å². The molecule has 10 heteroatoms. The Bertz CT molecular complexity index is 811. The van der Waals surface area contributed by atoms with E-state index < -0.39 is 0 Å². The van der Waals surface area contributed by atoms with Gasteiger partial charge in [-0.25, -0.2) is 15.0 Å². The Balaban J connectivity index is 0.00000196. The van der Waals surface area contributed by atoms with Gasteiger partial charge in [0.1, 0.15) is 6.33 Å². The van der Waals surface area contributed by atoms with Crippen molar-refractivity contribution in [1.82, 2.24) is 25.3 Å². The lowest BCUT2D eigenvalue weighted by atomic mass is 10.1. The van der Waals surface area contributed by atoms with E-state index >= 15 is 0 Å². The Morgan fingerprint density at radius 2 is 2.27 bits per heavy atom. The van der Waals surface area contributed by atoms with Gasteiger partial charge in [-0.15, -0.1) is 24.2 Å². The van der Waals surface area contributed by atoms with E-state index in [4.69, 9.17) is 5.73 Å².